The third-order valence-corrected chi connectivity index (χ3v) is 6.42. The van der Waals surface area contributed by atoms with Gasteiger partial charge in [0.05, 0.1) is 18.2 Å². The van der Waals surface area contributed by atoms with Crippen LogP contribution < -0.4 is 14.2 Å². The van der Waals surface area contributed by atoms with Gasteiger partial charge < -0.3 is 24.2 Å². The zero-order valence-corrected chi connectivity index (χ0v) is 22.3. The average molecular weight is 515 g/mol. The van der Waals surface area contributed by atoms with Crippen molar-refractivity contribution in [2.24, 2.45) is 0 Å². The molecule has 0 saturated carbocycles. The lowest BCUT2D eigenvalue weighted by atomic mass is 10.0. The molecule has 3 aromatic carbocycles. The standard InChI is InChI=1S/C31H34N2O5/c1-5-33(6-2)19-23(34)20-37-30-18-26-24(17-29(30)36-4)28(14-15-32-26)38-27-13-12-21(3)16-25(27)31(35)22-10-8-7-9-11-22/h7-18,23,34H,5-6,19-20H2,1-4H3. The summed E-state index contributed by atoms with van der Waals surface area (Å²) in [4.78, 5) is 19.9. The Kier molecular flexibility index (Phi) is 8.94. The Bertz CT molecular complexity index is 1390. The number of carbonyl (C=O) groups excluding carboxylic acids is 1. The van der Waals surface area contributed by atoms with Crippen molar-refractivity contribution in [2.45, 2.75) is 26.9 Å². The van der Waals surface area contributed by atoms with E-state index < -0.39 is 6.10 Å². The minimum Gasteiger partial charge on any atom is -0.493 e. The molecule has 198 valence electrons. The lowest BCUT2D eigenvalue weighted by Gasteiger charge is -2.22. The number of hydrogen-bond acceptors (Lipinski definition) is 7. The van der Waals surface area contributed by atoms with Gasteiger partial charge in [0.15, 0.2) is 17.3 Å². The molecule has 1 atom stereocenters. The fraction of sp³-hybridized carbons (Fsp3) is 0.290. The Labute approximate surface area is 223 Å². The summed E-state index contributed by atoms with van der Waals surface area (Å²) in [5.74, 6) is 1.86. The molecule has 1 N–H and O–H groups in total. The van der Waals surface area contributed by atoms with Gasteiger partial charge in [-0.2, -0.15) is 0 Å². The molecule has 4 rings (SSSR count). The zero-order valence-electron chi connectivity index (χ0n) is 22.3. The van der Waals surface area contributed by atoms with E-state index in [4.69, 9.17) is 14.2 Å². The molecule has 0 spiro atoms. The summed E-state index contributed by atoms with van der Waals surface area (Å²) in [6.07, 6.45) is 1.01. The molecular formula is C31H34N2O5. The van der Waals surface area contributed by atoms with Crippen molar-refractivity contribution in [3.05, 3.63) is 89.6 Å². The Morgan fingerprint density at radius 1 is 0.947 bits per heavy atom. The second-order valence-corrected chi connectivity index (χ2v) is 9.08. The van der Waals surface area contributed by atoms with Gasteiger partial charge in [-0.15, -0.1) is 0 Å². The van der Waals surface area contributed by atoms with E-state index in [-0.39, 0.29) is 12.4 Å². The Balaban J connectivity index is 1.63. The second kappa shape index (κ2) is 12.5. The van der Waals surface area contributed by atoms with Crippen LogP contribution in [0.25, 0.3) is 10.9 Å². The van der Waals surface area contributed by atoms with E-state index in [9.17, 15) is 9.90 Å². The molecule has 0 aliphatic carbocycles. The largest absolute Gasteiger partial charge is 0.493 e. The molecular weight excluding hydrogens is 480 g/mol. The van der Waals surface area contributed by atoms with Crippen molar-refractivity contribution in [1.29, 1.82) is 0 Å². The second-order valence-electron chi connectivity index (χ2n) is 9.08. The molecule has 0 radical (unpaired) electrons. The zero-order chi connectivity index (χ0) is 27.1. The van der Waals surface area contributed by atoms with E-state index in [0.29, 0.717) is 51.6 Å². The van der Waals surface area contributed by atoms with Gasteiger partial charge >= 0.3 is 0 Å². The minimum atomic E-state index is -0.639. The fourth-order valence-corrected chi connectivity index (χ4v) is 4.28. The molecule has 0 saturated heterocycles. The van der Waals surface area contributed by atoms with Crippen molar-refractivity contribution in [2.75, 3.05) is 33.4 Å². The van der Waals surface area contributed by atoms with Gasteiger partial charge in [-0.05, 0) is 44.3 Å². The Morgan fingerprint density at radius 2 is 1.71 bits per heavy atom. The molecule has 0 aliphatic heterocycles. The number of ether oxygens (including phenoxy) is 3. The number of aliphatic hydroxyl groups is 1. The van der Waals surface area contributed by atoms with Crippen molar-refractivity contribution < 1.29 is 24.1 Å². The van der Waals surface area contributed by atoms with Crippen LogP contribution in [0.5, 0.6) is 23.0 Å². The van der Waals surface area contributed by atoms with E-state index in [1.165, 1.54) is 0 Å². The highest BCUT2D eigenvalue weighted by Gasteiger charge is 2.18. The smallest absolute Gasteiger partial charge is 0.196 e. The highest BCUT2D eigenvalue weighted by molar-refractivity contribution is 6.11. The number of aryl methyl sites for hydroxylation is 1. The Morgan fingerprint density at radius 3 is 2.42 bits per heavy atom. The first-order chi connectivity index (χ1) is 18.4. The summed E-state index contributed by atoms with van der Waals surface area (Å²) in [6.45, 7) is 8.44. The van der Waals surface area contributed by atoms with Gasteiger partial charge in [0.2, 0.25) is 0 Å². The Hall–Kier alpha value is -3.94. The van der Waals surface area contributed by atoms with Gasteiger partial charge in [0.1, 0.15) is 24.2 Å². The summed E-state index contributed by atoms with van der Waals surface area (Å²) in [6, 6.07) is 20.0. The molecule has 1 aromatic heterocycles. The molecule has 4 aromatic rings. The van der Waals surface area contributed by atoms with Gasteiger partial charge in [-0.1, -0.05) is 55.8 Å². The molecule has 0 bridgehead atoms. The van der Waals surface area contributed by atoms with E-state index in [2.05, 4.69) is 23.7 Å². The number of carbonyl (C=O) groups is 1. The number of ketones is 1. The number of fused-ring (bicyclic) bond motifs is 1. The maximum Gasteiger partial charge on any atom is 0.196 e. The predicted molar refractivity (Wildman–Crippen MR) is 149 cm³/mol. The lowest BCUT2D eigenvalue weighted by molar-refractivity contribution is 0.0706. The van der Waals surface area contributed by atoms with Crippen LogP contribution in [0.4, 0.5) is 0 Å². The lowest BCUT2D eigenvalue weighted by Crippen LogP contribution is -2.35. The topological polar surface area (TPSA) is 81.1 Å². The van der Waals surface area contributed by atoms with Crippen LogP contribution in [-0.2, 0) is 0 Å². The number of methoxy groups -OCH3 is 1. The number of hydrogen-bond donors (Lipinski definition) is 1. The van der Waals surface area contributed by atoms with Crippen LogP contribution >= 0.6 is 0 Å². The van der Waals surface area contributed by atoms with Crippen LogP contribution in [0.3, 0.4) is 0 Å². The first-order valence-corrected chi connectivity index (χ1v) is 12.8. The normalized spacial score (nSPS) is 11.9. The summed E-state index contributed by atoms with van der Waals surface area (Å²) >= 11 is 0. The predicted octanol–water partition coefficient (Wildman–Crippen LogP) is 5.66. The molecule has 0 fully saturated rings. The highest BCUT2D eigenvalue weighted by atomic mass is 16.5. The summed E-state index contributed by atoms with van der Waals surface area (Å²) in [5.41, 5.74) is 2.67. The van der Waals surface area contributed by atoms with Crippen molar-refractivity contribution in [1.82, 2.24) is 9.88 Å². The number of rotatable bonds is 12. The van der Waals surface area contributed by atoms with Gasteiger partial charge in [0, 0.05) is 29.8 Å². The first kappa shape index (κ1) is 27.1. The summed E-state index contributed by atoms with van der Waals surface area (Å²) in [7, 11) is 1.56. The number of benzene rings is 3. The van der Waals surface area contributed by atoms with Crippen LogP contribution in [0.15, 0.2) is 72.9 Å². The van der Waals surface area contributed by atoms with Crippen LogP contribution in [0, 0.1) is 6.92 Å². The van der Waals surface area contributed by atoms with Gasteiger partial charge in [-0.25, -0.2) is 0 Å². The van der Waals surface area contributed by atoms with Crippen LogP contribution in [-0.4, -0.2) is 60.2 Å². The number of likely N-dealkylation sites (N-methyl/N-ethyl adjacent to an activating group) is 1. The van der Waals surface area contributed by atoms with E-state index >= 15 is 0 Å². The van der Waals surface area contributed by atoms with Crippen molar-refractivity contribution >= 4 is 16.7 Å². The monoisotopic (exact) mass is 514 g/mol. The minimum absolute atomic E-state index is 0.112. The average Bonchev–Trinajstić information content (AvgIpc) is 2.95. The SMILES string of the molecule is CCN(CC)CC(O)COc1cc2nccc(Oc3ccc(C)cc3C(=O)c3ccccc3)c2cc1OC. The number of pyridine rings is 1. The number of aliphatic hydroxyl groups excluding tert-OH is 1. The fourth-order valence-electron chi connectivity index (χ4n) is 4.28. The first-order valence-electron chi connectivity index (χ1n) is 12.8. The van der Waals surface area contributed by atoms with Gasteiger partial charge in [-0.3, -0.25) is 9.78 Å². The number of nitrogens with zero attached hydrogens (tertiary/aromatic N) is 2. The third-order valence-electron chi connectivity index (χ3n) is 6.42. The maximum absolute atomic E-state index is 13.3. The quantitative estimate of drug-likeness (QED) is 0.245. The van der Waals surface area contributed by atoms with Crippen molar-refractivity contribution in [3.63, 3.8) is 0 Å². The van der Waals surface area contributed by atoms with Crippen molar-refractivity contribution in [3.8, 4) is 23.0 Å². The van der Waals surface area contributed by atoms with E-state index in [0.717, 1.165) is 18.7 Å². The summed E-state index contributed by atoms with van der Waals surface area (Å²) in [5, 5.41) is 11.1. The molecule has 0 aliphatic rings. The van der Waals surface area contributed by atoms with Crippen LogP contribution in [0.1, 0.15) is 35.3 Å². The van der Waals surface area contributed by atoms with Gasteiger partial charge in [0.25, 0.3) is 0 Å². The number of aromatic nitrogens is 1. The summed E-state index contributed by atoms with van der Waals surface area (Å²) < 4.78 is 17.9. The molecule has 0 amide bonds. The van der Waals surface area contributed by atoms with E-state index in [1.807, 2.05) is 43.3 Å². The molecule has 7 nitrogen and oxygen atoms in total. The third kappa shape index (κ3) is 6.30. The molecule has 38 heavy (non-hydrogen) atoms. The molecule has 1 unspecified atom stereocenters. The van der Waals surface area contributed by atoms with E-state index in [1.54, 1.807) is 43.6 Å². The molecule has 7 heteroatoms. The maximum atomic E-state index is 13.3. The highest BCUT2D eigenvalue weighted by Crippen LogP contribution is 2.38. The molecule has 1 heterocycles. The van der Waals surface area contributed by atoms with Crippen LogP contribution in [0.2, 0.25) is 0 Å².